The molecule has 8 heteroatoms. The van der Waals surface area contributed by atoms with E-state index in [0.29, 0.717) is 0 Å². The summed E-state index contributed by atoms with van der Waals surface area (Å²) in [4.78, 5) is 0. The number of hydrogen-bond acceptors (Lipinski definition) is 5. The number of aromatic nitrogens is 5. The molecule has 2 aromatic carbocycles. The highest BCUT2D eigenvalue weighted by Crippen LogP contribution is 2.24. The van der Waals surface area contributed by atoms with Gasteiger partial charge in [-0.3, -0.25) is 0 Å². The fourth-order valence-corrected chi connectivity index (χ4v) is 4.13. The molecular formula is C20H21ClN6S. The topological polar surface area (TPSA) is 60.6 Å². The molecule has 2 heterocycles. The lowest BCUT2D eigenvalue weighted by Crippen LogP contribution is -2.16. The Kier molecular flexibility index (Phi) is 5.95. The van der Waals surface area contributed by atoms with E-state index in [4.69, 9.17) is 11.6 Å². The molecule has 0 aliphatic carbocycles. The minimum absolute atomic E-state index is 0.759. The maximum absolute atomic E-state index is 6.36. The zero-order valence-corrected chi connectivity index (χ0v) is 17.1. The van der Waals surface area contributed by atoms with Crippen LogP contribution in [0.1, 0.15) is 11.1 Å². The minimum Gasteiger partial charge on any atom is -0.343 e. The highest BCUT2D eigenvalue weighted by molar-refractivity contribution is 7.99. The first kappa shape index (κ1) is 19.0. The molecule has 0 aliphatic rings. The van der Waals surface area contributed by atoms with Gasteiger partial charge in [-0.15, -0.1) is 5.10 Å². The third kappa shape index (κ3) is 4.22. The number of rotatable bonds is 8. The van der Waals surface area contributed by atoms with Crippen LogP contribution in [0, 0.1) is 0 Å². The van der Waals surface area contributed by atoms with Crippen molar-refractivity contribution in [3.05, 3.63) is 70.9 Å². The minimum atomic E-state index is 0.759. The molecule has 0 saturated heterocycles. The number of nitrogens with zero attached hydrogens (tertiary/aromatic N) is 5. The van der Waals surface area contributed by atoms with Crippen molar-refractivity contribution in [3.8, 4) is 0 Å². The zero-order chi connectivity index (χ0) is 19.3. The Morgan fingerprint density at radius 1 is 1.07 bits per heavy atom. The quantitative estimate of drug-likeness (QED) is 0.353. The van der Waals surface area contributed by atoms with Gasteiger partial charge in [0.1, 0.15) is 0 Å². The van der Waals surface area contributed by atoms with E-state index >= 15 is 0 Å². The van der Waals surface area contributed by atoms with Gasteiger partial charge in [-0.05, 0) is 33.7 Å². The Labute approximate surface area is 172 Å². The summed E-state index contributed by atoms with van der Waals surface area (Å²) in [5.41, 5.74) is 3.63. The smallest absolute Gasteiger partial charge is 0.209 e. The second-order valence-corrected chi connectivity index (χ2v) is 7.97. The van der Waals surface area contributed by atoms with Crippen LogP contribution >= 0.6 is 23.4 Å². The third-order valence-corrected chi connectivity index (χ3v) is 5.96. The van der Waals surface area contributed by atoms with Crippen molar-refractivity contribution in [2.45, 2.75) is 18.2 Å². The Bertz CT molecular complexity index is 1070. The van der Waals surface area contributed by atoms with Gasteiger partial charge in [0.2, 0.25) is 5.16 Å². The van der Waals surface area contributed by atoms with Gasteiger partial charge in [-0.25, -0.2) is 4.68 Å². The first-order valence-corrected chi connectivity index (χ1v) is 10.4. The molecule has 0 bridgehead atoms. The molecule has 6 nitrogen and oxygen atoms in total. The van der Waals surface area contributed by atoms with Crippen LogP contribution in [-0.2, 0) is 20.1 Å². The number of halogens is 1. The number of benzene rings is 2. The molecule has 144 valence electrons. The standard InChI is InChI=1S/C20H21ClN6S/c1-26-20(23-24-25-26)28-11-10-22-12-16-14-27(19-9-5-3-7-17(16)19)13-15-6-2-4-8-18(15)21/h2-9,14,22H,10-13H2,1H3. The molecule has 0 radical (unpaired) electrons. The van der Waals surface area contributed by atoms with Crippen LogP contribution in [-0.4, -0.2) is 37.1 Å². The molecule has 0 fully saturated rings. The number of para-hydroxylation sites is 1. The van der Waals surface area contributed by atoms with Gasteiger partial charge in [0.25, 0.3) is 0 Å². The molecule has 0 unspecified atom stereocenters. The molecular weight excluding hydrogens is 392 g/mol. The lowest BCUT2D eigenvalue weighted by Gasteiger charge is -2.07. The van der Waals surface area contributed by atoms with Crippen molar-refractivity contribution in [2.24, 2.45) is 7.05 Å². The predicted octanol–water partition coefficient (Wildman–Crippen LogP) is 3.75. The molecule has 0 aliphatic heterocycles. The maximum Gasteiger partial charge on any atom is 0.209 e. The van der Waals surface area contributed by atoms with Gasteiger partial charge < -0.3 is 9.88 Å². The first-order valence-electron chi connectivity index (χ1n) is 9.08. The Morgan fingerprint density at radius 3 is 2.71 bits per heavy atom. The van der Waals surface area contributed by atoms with Crippen molar-refractivity contribution in [2.75, 3.05) is 12.3 Å². The summed E-state index contributed by atoms with van der Waals surface area (Å²) in [6, 6.07) is 16.5. The Balaban J connectivity index is 1.42. The SMILES string of the molecule is Cn1nnnc1SCCNCc1cn(Cc2ccccc2Cl)c2ccccc12. The van der Waals surface area contributed by atoms with Gasteiger partial charge in [-0.2, -0.15) is 0 Å². The summed E-state index contributed by atoms with van der Waals surface area (Å²) in [5, 5.41) is 17.9. The number of aryl methyl sites for hydroxylation is 1. The molecule has 4 aromatic rings. The summed E-state index contributed by atoms with van der Waals surface area (Å²) >= 11 is 8.01. The van der Waals surface area contributed by atoms with Crippen LogP contribution in [0.5, 0.6) is 0 Å². The molecule has 28 heavy (non-hydrogen) atoms. The lowest BCUT2D eigenvalue weighted by atomic mass is 10.2. The highest BCUT2D eigenvalue weighted by atomic mass is 35.5. The van der Waals surface area contributed by atoms with Crippen LogP contribution in [0.2, 0.25) is 5.02 Å². The number of hydrogen-bond donors (Lipinski definition) is 1. The Hall–Kier alpha value is -2.35. The highest BCUT2D eigenvalue weighted by Gasteiger charge is 2.10. The predicted molar refractivity (Wildman–Crippen MR) is 114 cm³/mol. The monoisotopic (exact) mass is 412 g/mol. The molecule has 0 atom stereocenters. The van der Waals surface area contributed by atoms with E-state index in [2.05, 4.69) is 61.9 Å². The number of thioether (sulfide) groups is 1. The fraction of sp³-hybridized carbons (Fsp3) is 0.250. The average molecular weight is 413 g/mol. The second kappa shape index (κ2) is 8.77. The van der Waals surface area contributed by atoms with Crippen molar-refractivity contribution >= 4 is 34.3 Å². The van der Waals surface area contributed by atoms with E-state index < -0.39 is 0 Å². The van der Waals surface area contributed by atoms with Crippen molar-refractivity contribution < 1.29 is 0 Å². The van der Waals surface area contributed by atoms with Crippen LogP contribution in [0.15, 0.2) is 59.9 Å². The van der Waals surface area contributed by atoms with Gasteiger partial charge in [0, 0.05) is 54.6 Å². The molecule has 2 aromatic heterocycles. The molecule has 0 saturated carbocycles. The number of tetrazole rings is 1. The Morgan fingerprint density at radius 2 is 1.89 bits per heavy atom. The largest absolute Gasteiger partial charge is 0.343 e. The third-order valence-electron chi connectivity index (χ3n) is 4.58. The molecule has 0 amide bonds. The number of nitrogens with one attached hydrogen (secondary N) is 1. The van der Waals surface area contributed by atoms with Crippen LogP contribution < -0.4 is 5.32 Å². The fourth-order valence-electron chi connectivity index (χ4n) is 3.19. The van der Waals surface area contributed by atoms with E-state index in [1.807, 2.05) is 25.2 Å². The molecule has 4 rings (SSSR count). The van der Waals surface area contributed by atoms with Crippen molar-refractivity contribution in [1.29, 1.82) is 0 Å². The molecule has 1 N–H and O–H groups in total. The first-order chi connectivity index (χ1) is 13.7. The molecule has 0 spiro atoms. The average Bonchev–Trinajstić information content (AvgIpc) is 3.27. The van der Waals surface area contributed by atoms with Crippen molar-refractivity contribution in [3.63, 3.8) is 0 Å². The summed E-state index contributed by atoms with van der Waals surface area (Å²) < 4.78 is 3.96. The summed E-state index contributed by atoms with van der Waals surface area (Å²) in [6.45, 7) is 2.45. The van der Waals surface area contributed by atoms with E-state index in [1.54, 1.807) is 16.4 Å². The summed E-state index contributed by atoms with van der Waals surface area (Å²) in [6.07, 6.45) is 2.22. The van der Waals surface area contributed by atoms with Crippen LogP contribution in [0.25, 0.3) is 10.9 Å². The van der Waals surface area contributed by atoms with E-state index in [9.17, 15) is 0 Å². The van der Waals surface area contributed by atoms with Crippen molar-refractivity contribution in [1.82, 2.24) is 30.1 Å². The van der Waals surface area contributed by atoms with Gasteiger partial charge >= 0.3 is 0 Å². The van der Waals surface area contributed by atoms with E-state index in [1.165, 1.54) is 16.5 Å². The van der Waals surface area contributed by atoms with E-state index in [0.717, 1.165) is 41.1 Å². The maximum atomic E-state index is 6.36. The number of fused-ring (bicyclic) bond motifs is 1. The lowest BCUT2D eigenvalue weighted by molar-refractivity contribution is 0.663. The second-order valence-electron chi connectivity index (χ2n) is 6.50. The normalized spacial score (nSPS) is 11.4. The van der Waals surface area contributed by atoms with Gasteiger partial charge in [-0.1, -0.05) is 59.8 Å². The van der Waals surface area contributed by atoms with E-state index in [-0.39, 0.29) is 0 Å². The summed E-state index contributed by atoms with van der Waals surface area (Å²) in [7, 11) is 1.85. The van der Waals surface area contributed by atoms with Crippen LogP contribution in [0.3, 0.4) is 0 Å². The summed E-state index contributed by atoms with van der Waals surface area (Å²) in [5.74, 6) is 0.909. The zero-order valence-electron chi connectivity index (χ0n) is 15.5. The van der Waals surface area contributed by atoms with Gasteiger partial charge in [0.15, 0.2) is 0 Å². The van der Waals surface area contributed by atoms with Crippen LogP contribution in [0.4, 0.5) is 0 Å². The van der Waals surface area contributed by atoms with Gasteiger partial charge in [0.05, 0.1) is 0 Å².